The maximum atomic E-state index is 12.3. The third-order valence-corrected chi connectivity index (χ3v) is 4.19. The van der Waals surface area contributed by atoms with Crippen LogP contribution in [0.25, 0.3) is 0 Å². The molecule has 2 rings (SSSR count). The van der Waals surface area contributed by atoms with Gasteiger partial charge in [-0.25, -0.2) is 4.79 Å². The molecule has 2 saturated heterocycles. The number of urea groups is 1. The minimum absolute atomic E-state index is 0.0114. The van der Waals surface area contributed by atoms with Crippen molar-refractivity contribution in [2.45, 2.75) is 33.2 Å². The molecule has 2 heterocycles. The van der Waals surface area contributed by atoms with E-state index in [0.29, 0.717) is 32.6 Å². The van der Waals surface area contributed by atoms with Crippen molar-refractivity contribution >= 4 is 23.8 Å². The van der Waals surface area contributed by atoms with Gasteiger partial charge in [0.15, 0.2) is 0 Å². The molecule has 0 radical (unpaired) electrons. The van der Waals surface area contributed by atoms with E-state index in [9.17, 15) is 19.2 Å². The van der Waals surface area contributed by atoms with E-state index < -0.39 is 12.1 Å². The molecule has 1 atom stereocenters. The number of rotatable bonds is 4. The van der Waals surface area contributed by atoms with Gasteiger partial charge in [-0.1, -0.05) is 13.8 Å². The molecule has 128 valence electrons. The van der Waals surface area contributed by atoms with Crippen LogP contribution in [0.1, 0.15) is 27.2 Å². The normalized spacial score (nSPS) is 21.9. The number of imide groups is 1. The molecule has 0 spiro atoms. The van der Waals surface area contributed by atoms with Crippen molar-refractivity contribution in [2.24, 2.45) is 5.92 Å². The average molecular weight is 324 g/mol. The predicted molar refractivity (Wildman–Crippen MR) is 82.3 cm³/mol. The van der Waals surface area contributed by atoms with Crippen LogP contribution in [0.4, 0.5) is 4.79 Å². The molecular formula is C15H24N4O4. The third-order valence-electron chi connectivity index (χ3n) is 4.19. The van der Waals surface area contributed by atoms with E-state index in [-0.39, 0.29) is 30.2 Å². The van der Waals surface area contributed by atoms with Crippen LogP contribution in [0.15, 0.2) is 0 Å². The Hall–Kier alpha value is -2.12. The summed E-state index contributed by atoms with van der Waals surface area (Å²) in [4.78, 5) is 52.0. The zero-order chi connectivity index (χ0) is 17.1. The second-order valence-corrected chi connectivity index (χ2v) is 6.44. The summed E-state index contributed by atoms with van der Waals surface area (Å²) < 4.78 is 0. The smallest absolute Gasteiger partial charge is 0.325 e. The first-order valence-electron chi connectivity index (χ1n) is 7.94. The van der Waals surface area contributed by atoms with Crippen molar-refractivity contribution in [2.75, 3.05) is 32.7 Å². The Kier molecular flexibility index (Phi) is 5.23. The van der Waals surface area contributed by atoms with Crippen LogP contribution in [-0.4, -0.2) is 77.2 Å². The summed E-state index contributed by atoms with van der Waals surface area (Å²) >= 11 is 0. The highest BCUT2D eigenvalue weighted by Crippen LogP contribution is 2.14. The second-order valence-electron chi connectivity index (χ2n) is 6.44. The van der Waals surface area contributed by atoms with Gasteiger partial charge in [0.05, 0.1) is 0 Å². The van der Waals surface area contributed by atoms with Gasteiger partial charge in [0.1, 0.15) is 12.6 Å². The lowest BCUT2D eigenvalue weighted by atomic mass is 10.0. The Bertz CT molecular complexity index is 512. The number of carbonyl (C=O) groups excluding carboxylic acids is 4. The summed E-state index contributed by atoms with van der Waals surface area (Å²) in [6.07, 6.45) is 0.562. The zero-order valence-electron chi connectivity index (χ0n) is 13.9. The Balaban J connectivity index is 1.89. The first-order chi connectivity index (χ1) is 10.8. The van der Waals surface area contributed by atoms with Gasteiger partial charge in [0.2, 0.25) is 11.8 Å². The van der Waals surface area contributed by atoms with E-state index in [4.69, 9.17) is 0 Å². The molecule has 2 aliphatic rings. The first-order valence-corrected chi connectivity index (χ1v) is 7.94. The van der Waals surface area contributed by atoms with Crippen LogP contribution in [0.2, 0.25) is 0 Å². The molecule has 1 N–H and O–H groups in total. The Morgan fingerprint density at radius 3 is 2.22 bits per heavy atom. The standard InChI is InChI=1S/C15H24N4O4/c1-10(2)8-12-14(22)19(15(23)16-12)9-13(21)18-6-4-17(5-7-18)11(3)20/h10,12H,4-9H2,1-3H3,(H,16,23). The monoisotopic (exact) mass is 324 g/mol. The van der Waals surface area contributed by atoms with Crippen LogP contribution < -0.4 is 5.32 Å². The lowest BCUT2D eigenvalue weighted by Crippen LogP contribution is -2.52. The number of carbonyl (C=O) groups is 4. The second kappa shape index (κ2) is 6.97. The van der Waals surface area contributed by atoms with E-state index >= 15 is 0 Å². The summed E-state index contributed by atoms with van der Waals surface area (Å²) in [5.74, 6) is -0.330. The number of hydrogen-bond donors (Lipinski definition) is 1. The van der Waals surface area contributed by atoms with Crippen molar-refractivity contribution in [3.8, 4) is 0 Å². The fraction of sp³-hybridized carbons (Fsp3) is 0.733. The third kappa shape index (κ3) is 4.00. The minimum atomic E-state index is -0.537. The zero-order valence-corrected chi connectivity index (χ0v) is 13.9. The van der Waals surface area contributed by atoms with E-state index in [1.54, 1.807) is 9.80 Å². The fourth-order valence-corrected chi connectivity index (χ4v) is 2.86. The van der Waals surface area contributed by atoms with Gasteiger partial charge in [0, 0.05) is 33.1 Å². The predicted octanol–water partition coefficient (Wildman–Crippen LogP) is -0.356. The molecule has 5 amide bonds. The van der Waals surface area contributed by atoms with E-state index in [2.05, 4.69) is 5.32 Å². The maximum absolute atomic E-state index is 12.3. The number of amides is 5. The highest BCUT2D eigenvalue weighted by Gasteiger charge is 2.39. The van der Waals surface area contributed by atoms with Crippen molar-refractivity contribution in [1.29, 1.82) is 0 Å². The van der Waals surface area contributed by atoms with E-state index in [1.807, 2.05) is 13.8 Å². The van der Waals surface area contributed by atoms with Crippen LogP contribution in [0.5, 0.6) is 0 Å². The number of nitrogens with zero attached hydrogens (tertiary/aromatic N) is 3. The van der Waals surface area contributed by atoms with Gasteiger partial charge < -0.3 is 15.1 Å². The molecular weight excluding hydrogens is 300 g/mol. The summed E-state index contributed by atoms with van der Waals surface area (Å²) in [7, 11) is 0. The van der Waals surface area contributed by atoms with Crippen molar-refractivity contribution in [1.82, 2.24) is 20.0 Å². The van der Waals surface area contributed by atoms with Crippen molar-refractivity contribution in [3.05, 3.63) is 0 Å². The number of piperazine rings is 1. The molecule has 23 heavy (non-hydrogen) atoms. The summed E-state index contributed by atoms with van der Waals surface area (Å²) in [5.41, 5.74) is 0. The van der Waals surface area contributed by atoms with Crippen LogP contribution in [-0.2, 0) is 14.4 Å². The Morgan fingerprint density at radius 1 is 1.13 bits per heavy atom. The van der Waals surface area contributed by atoms with Crippen molar-refractivity contribution in [3.63, 3.8) is 0 Å². The topological polar surface area (TPSA) is 90.0 Å². The maximum Gasteiger partial charge on any atom is 0.325 e. The molecule has 0 aliphatic carbocycles. The van der Waals surface area contributed by atoms with Gasteiger partial charge in [-0.15, -0.1) is 0 Å². The van der Waals surface area contributed by atoms with Gasteiger partial charge in [-0.3, -0.25) is 19.3 Å². The quantitative estimate of drug-likeness (QED) is 0.715. The van der Waals surface area contributed by atoms with Gasteiger partial charge >= 0.3 is 6.03 Å². The minimum Gasteiger partial charge on any atom is -0.339 e. The van der Waals surface area contributed by atoms with E-state index in [1.165, 1.54) is 6.92 Å². The molecule has 0 aromatic carbocycles. The largest absolute Gasteiger partial charge is 0.339 e. The van der Waals surface area contributed by atoms with E-state index in [0.717, 1.165) is 4.90 Å². The summed E-state index contributed by atoms with van der Waals surface area (Å²) in [6.45, 7) is 7.03. The highest BCUT2D eigenvalue weighted by atomic mass is 16.2. The van der Waals surface area contributed by atoms with Gasteiger partial charge in [-0.2, -0.15) is 0 Å². The SMILES string of the molecule is CC(=O)N1CCN(C(=O)CN2C(=O)NC(CC(C)C)C2=O)CC1. The molecule has 0 aromatic heterocycles. The van der Waals surface area contributed by atoms with Gasteiger partial charge in [0.25, 0.3) is 5.91 Å². The van der Waals surface area contributed by atoms with Crippen LogP contribution >= 0.6 is 0 Å². The highest BCUT2D eigenvalue weighted by molar-refractivity contribution is 6.06. The summed E-state index contributed by atoms with van der Waals surface area (Å²) in [6, 6.07) is -1.04. The number of nitrogens with one attached hydrogen (secondary N) is 1. The van der Waals surface area contributed by atoms with Gasteiger partial charge in [-0.05, 0) is 12.3 Å². The Morgan fingerprint density at radius 2 is 1.70 bits per heavy atom. The molecule has 8 nitrogen and oxygen atoms in total. The van der Waals surface area contributed by atoms with Crippen LogP contribution in [0, 0.1) is 5.92 Å². The molecule has 1 unspecified atom stereocenters. The molecule has 8 heteroatoms. The average Bonchev–Trinajstić information content (AvgIpc) is 2.74. The molecule has 0 saturated carbocycles. The Labute approximate surface area is 135 Å². The fourth-order valence-electron chi connectivity index (χ4n) is 2.86. The lowest BCUT2D eigenvalue weighted by molar-refractivity contribution is -0.141. The molecule has 2 fully saturated rings. The first kappa shape index (κ1) is 17.2. The lowest BCUT2D eigenvalue weighted by Gasteiger charge is -2.34. The molecule has 0 aromatic rings. The molecule has 2 aliphatic heterocycles. The van der Waals surface area contributed by atoms with Crippen molar-refractivity contribution < 1.29 is 19.2 Å². The summed E-state index contributed by atoms with van der Waals surface area (Å²) in [5, 5.41) is 2.63. The number of hydrogen-bond acceptors (Lipinski definition) is 4. The van der Waals surface area contributed by atoms with Crippen LogP contribution in [0.3, 0.4) is 0 Å². The molecule has 0 bridgehead atoms.